The van der Waals surface area contributed by atoms with Crippen molar-refractivity contribution >= 4 is 17.9 Å². The number of ether oxygens (including phenoxy) is 3. The van der Waals surface area contributed by atoms with E-state index in [0.29, 0.717) is 19.3 Å². The van der Waals surface area contributed by atoms with Crippen LogP contribution >= 0.6 is 0 Å². The molecular formula is C77H132O6. The van der Waals surface area contributed by atoms with E-state index < -0.39 is 6.10 Å². The van der Waals surface area contributed by atoms with E-state index in [4.69, 9.17) is 14.2 Å². The molecule has 0 aromatic rings. The van der Waals surface area contributed by atoms with Gasteiger partial charge in [0.2, 0.25) is 0 Å². The number of carbonyl (C=O) groups is 3. The minimum atomic E-state index is -0.799. The fourth-order valence-electron chi connectivity index (χ4n) is 9.94. The van der Waals surface area contributed by atoms with Crippen LogP contribution in [0.4, 0.5) is 0 Å². The zero-order chi connectivity index (χ0) is 59.9. The van der Waals surface area contributed by atoms with Crippen molar-refractivity contribution in [1.82, 2.24) is 0 Å². The van der Waals surface area contributed by atoms with Crippen LogP contribution in [0.5, 0.6) is 0 Å². The maximum Gasteiger partial charge on any atom is 0.306 e. The molecule has 0 fully saturated rings. The second-order valence-corrected chi connectivity index (χ2v) is 23.4. The van der Waals surface area contributed by atoms with Gasteiger partial charge in [0.25, 0.3) is 0 Å². The Morgan fingerprint density at radius 2 is 0.470 bits per heavy atom. The lowest BCUT2D eigenvalue weighted by atomic mass is 10.0. The second-order valence-electron chi connectivity index (χ2n) is 23.4. The third-order valence-corrected chi connectivity index (χ3v) is 15.2. The summed E-state index contributed by atoms with van der Waals surface area (Å²) in [5.41, 5.74) is 0. The zero-order valence-electron chi connectivity index (χ0n) is 54.7. The number of allylic oxidation sites excluding steroid dienone is 18. The van der Waals surface area contributed by atoms with E-state index in [0.717, 1.165) is 135 Å². The molecule has 0 rings (SSSR count). The Balaban J connectivity index is 4.23. The number of hydrogen-bond donors (Lipinski definition) is 0. The Morgan fingerprint density at radius 3 is 0.759 bits per heavy atom. The molecule has 0 radical (unpaired) electrons. The van der Waals surface area contributed by atoms with Gasteiger partial charge in [0, 0.05) is 19.3 Å². The zero-order valence-corrected chi connectivity index (χ0v) is 54.7. The summed E-state index contributed by atoms with van der Waals surface area (Å²) in [7, 11) is 0. The summed E-state index contributed by atoms with van der Waals surface area (Å²) in [6, 6.07) is 0. The maximum atomic E-state index is 12.9. The summed E-state index contributed by atoms with van der Waals surface area (Å²) in [6.07, 6.45) is 96.9. The first-order valence-corrected chi connectivity index (χ1v) is 35.4. The highest BCUT2D eigenvalue weighted by molar-refractivity contribution is 5.71. The molecule has 6 nitrogen and oxygen atoms in total. The van der Waals surface area contributed by atoms with E-state index in [1.165, 1.54) is 167 Å². The number of esters is 3. The molecule has 0 saturated heterocycles. The SMILES string of the molecule is CC/C=C\C/C=C\C/C=C\C/C=C\CCCCCCC(=O)OC(COC(=O)CCCCCCC/C=C\C/C=C\CCCCC)COC(=O)CCCCCCCCCCCCCCCCCCCC/C=C\C/C=C\C/C=C\CCCCCCC. The summed E-state index contributed by atoms with van der Waals surface area (Å²) in [5, 5.41) is 0. The van der Waals surface area contributed by atoms with Crippen LogP contribution in [0.15, 0.2) is 109 Å². The Morgan fingerprint density at radius 1 is 0.253 bits per heavy atom. The monoisotopic (exact) mass is 1150 g/mol. The first-order valence-electron chi connectivity index (χ1n) is 35.4. The van der Waals surface area contributed by atoms with Crippen molar-refractivity contribution in [2.75, 3.05) is 13.2 Å². The molecule has 0 bridgehead atoms. The summed E-state index contributed by atoms with van der Waals surface area (Å²) < 4.78 is 16.9. The fraction of sp³-hybridized carbons (Fsp3) is 0.727. The lowest BCUT2D eigenvalue weighted by Crippen LogP contribution is -2.30. The van der Waals surface area contributed by atoms with Gasteiger partial charge in [-0.1, -0.05) is 304 Å². The third-order valence-electron chi connectivity index (χ3n) is 15.2. The van der Waals surface area contributed by atoms with Gasteiger partial charge in [-0.15, -0.1) is 0 Å². The summed E-state index contributed by atoms with van der Waals surface area (Å²) in [6.45, 7) is 6.49. The van der Waals surface area contributed by atoms with Crippen LogP contribution in [0.2, 0.25) is 0 Å². The van der Waals surface area contributed by atoms with Crippen molar-refractivity contribution in [3.05, 3.63) is 109 Å². The predicted octanol–water partition coefficient (Wildman–Crippen LogP) is 24.6. The Kier molecular flexibility index (Phi) is 67.2. The first-order chi connectivity index (χ1) is 41.0. The van der Waals surface area contributed by atoms with Crippen LogP contribution in [0.3, 0.4) is 0 Å². The molecule has 0 aromatic carbocycles. The molecule has 0 aromatic heterocycles. The quantitative estimate of drug-likeness (QED) is 0.0261. The highest BCUT2D eigenvalue weighted by Gasteiger charge is 2.19. The molecule has 0 N–H and O–H groups in total. The average Bonchev–Trinajstić information content (AvgIpc) is 3.49. The molecule has 0 aliphatic rings. The standard InChI is InChI=1S/C77H132O6/c1-4-7-10-13-16-19-22-25-28-30-31-32-33-34-35-36-37-38-39-40-41-42-43-44-45-47-49-52-55-58-61-64-67-70-76(79)82-73-74(72-81-75(78)69-66-63-60-57-54-51-48-27-24-21-18-15-12-9-6-3)83-77(80)71-68-65-62-59-56-53-50-46-29-26-23-20-17-14-11-8-5-2/h8,11,17-18,20-22,25-27,29-31,33-34,48,50,53,74H,4-7,9-10,12-16,19,23-24,28,32,35-47,49,51-52,54-73H2,1-3H3/b11-8-,20-17-,21-18-,25-22-,29-26-,31-30-,34-33-,48-27-,53-50-. The van der Waals surface area contributed by atoms with E-state index in [-0.39, 0.29) is 31.1 Å². The molecule has 83 heavy (non-hydrogen) atoms. The molecule has 6 heteroatoms. The molecule has 0 aliphatic heterocycles. The minimum absolute atomic E-state index is 0.0913. The maximum absolute atomic E-state index is 12.9. The smallest absolute Gasteiger partial charge is 0.306 e. The Bertz CT molecular complexity index is 1660. The van der Waals surface area contributed by atoms with Crippen LogP contribution in [0.25, 0.3) is 0 Å². The van der Waals surface area contributed by atoms with E-state index in [1.54, 1.807) is 0 Å². The second kappa shape index (κ2) is 70.6. The number of carbonyl (C=O) groups excluding carboxylic acids is 3. The topological polar surface area (TPSA) is 78.9 Å². The van der Waals surface area contributed by atoms with Crippen molar-refractivity contribution < 1.29 is 28.6 Å². The molecule has 1 unspecified atom stereocenters. The van der Waals surface area contributed by atoms with Gasteiger partial charge < -0.3 is 14.2 Å². The van der Waals surface area contributed by atoms with Crippen molar-refractivity contribution in [2.24, 2.45) is 0 Å². The van der Waals surface area contributed by atoms with Gasteiger partial charge in [0.15, 0.2) is 6.10 Å². The van der Waals surface area contributed by atoms with Crippen LogP contribution in [-0.2, 0) is 28.6 Å². The highest BCUT2D eigenvalue weighted by atomic mass is 16.6. The van der Waals surface area contributed by atoms with Crippen molar-refractivity contribution in [2.45, 2.75) is 348 Å². The predicted molar refractivity (Wildman–Crippen MR) is 362 cm³/mol. The number of rotatable bonds is 64. The van der Waals surface area contributed by atoms with Crippen LogP contribution in [-0.4, -0.2) is 37.2 Å². The lowest BCUT2D eigenvalue weighted by Gasteiger charge is -2.18. The van der Waals surface area contributed by atoms with E-state index in [1.807, 2.05) is 0 Å². The number of hydrogen-bond acceptors (Lipinski definition) is 6. The Hall–Kier alpha value is -3.93. The van der Waals surface area contributed by atoms with E-state index in [2.05, 4.69) is 130 Å². The summed E-state index contributed by atoms with van der Waals surface area (Å²) >= 11 is 0. The first kappa shape index (κ1) is 79.1. The number of unbranched alkanes of at least 4 members (excludes halogenated alkanes) is 35. The van der Waals surface area contributed by atoms with Crippen LogP contribution in [0.1, 0.15) is 342 Å². The van der Waals surface area contributed by atoms with Gasteiger partial charge in [-0.05, 0) is 128 Å². The summed E-state index contributed by atoms with van der Waals surface area (Å²) in [4.78, 5) is 38.4. The lowest BCUT2D eigenvalue weighted by molar-refractivity contribution is -0.167. The molecule has 0 aliphatic carbocycles. The fourth-order valence-corrected chi connectivity index (χ4v) is 9.94. The highest BCUT2D eigenvalue weighted by Crippen LogP contribution is 2.17. The normalized spacial score (nSPS) is 12.8. The molecule has 0 heterocycles. The van der Waals surface area contributed by atoms with Gasteiger partial charge >= 0.3 is 17.9 Å². The molecule has 1 atom stereocenters. The van der Waals surface area contributed by atoms with Gasteiger partial charge in [0.05, 0.1) is 0 Å². The van der Waals surface area contributed by atoms with Gasteiger partial charge in [-0.3, -0.25) is 14.4 Å². The molecular weight excluding hydrogens is 1020 g/mol. The van der Waals surface area contributed by atoms with E-state index >= 15 is 0 Å². The molecule has 0 spiro atoms. The van der Waals surface area contributed by atoms with Crippen LogP contribution < -0.4 is 0 Å². The van der Waals surface area contributed by atoms with Gasteiger partial charge in [0.1, 0.15) is 13.2 Å². The minimum Gasteiger partial charge on any atom is -0.462 e. The van der Waals surface area contributed by atoms with Gasteiger partial charge in [-0.25, -0.2) is 0 Å². The molecule has 0 saturated carbocycles. The third kappa shape index (κ3) is 68.7. The average molecular weight is 1150 g/mol. The molecule has 0 amide bonds. The van der Waals surface area contributed by atoms with Crippen molar-refractivity contribution in [1.29, 1.82) is 0 Å². The molecule has 476 valence electrons. The van der Waals surface area contributed by atoms with Crippen LogP contribution in [0, 0.1) is 0 Å². The van der Waals surface area contributed by atoms with Crippen molar-refractivity contribution in [3.8, 4) is 0 Å². The Labute approximate surface area is 514 Å². The largest absolute Gasteiger partial charge is 0.462 e. The van der Waals surface area contributed by atoms with E-state index in [9.17, 15) is 14.4 Å². The van der Waals surface area contributed by atoms with Gasteiger partial charge in [-0.2, -0.15) is 0 Å². The van der Waals surface area contributed by atoms with Crippen molar-refractivity contribution in [3.63, 3.8) is 0 Å². The summed E-state index contributed by atoms with van der Waals surface area (Å²) in [5.74, 6) is -0.918.